The van der Waals surface area contributed by atoms with E-state index in [4.69, 9.17) is 4.65 Å². The number of hydrogen-bond acceptors (Lipinski definition) is 1. The predicted molar refractivity (Wildman–Crippen MR) is 69.9 cm³/mol. The van der Waals surface area contributed by atoms with Gasteiger partial charge in [-0.05, 0) is 24.5 Å². The summed E-state index contributed by atoms with van der Waals surface area (Å²) >= 11 is 3.47. The Labute approximate surface area is 103 Å². The summed E-state index contributed by atoms with van der Waals surface area (Å²) in [7, 11) is 0. The molecule has 0 aromatic rings. The number of rotatable bonds is 5. The fraction of sp³-hybridized carbons (Fsp3) is 1.00. The third kappa shape index (κ3) is 3.23. The molecule has 0 saturated carbocycles. The van der Waals surface area contributed by atoms with Crippen LogP contribution < -0.4 is 0 Å². The molecule has 3 heteroatoms. The zero-order valence-corrected chi connectivity index (χ0v) is 11.2. The lowest BCUT2D eigenvalue weighted by atomic mass is 9.38. The van der Waals surface area contributed by atoms with Crippen LogP contribution in [0.15, 0.2) is 0 Å². The van der Waals surface area contributed by atoms with Crippen LogP contribution in [-0.2, 0) is 4.65 Å². The van der Waals surface area contributed by atoms with Crippen molar-refractivity contribution in [3.05, 3.63) is 0 Å². The highest BCUT2D eigenvalue weighted by Crippen LogP contribution is 2.46. The van der Waals surface area contributed by atoms with Crippen LogP contribution in [0, 0.1) is 0 Å². The minimum atomic E-state index is 0.628. The van der Waals surface area contributed by atoms with Crippen LogP contribution in [0.5, 0.6) is 0 Å². The first-order chi connectivity index (χ1) is 7.42. The van der Waals surface area contributed by atoms with Gasteiger partial charge in [0.25, 0.3) is 6.92 Å². The Kier molecular flexibility index (Phi) is 5.02. The summed E-state index contributed by atoms with van der Waals surface area (Å²) in [4.78, 5) is 0. The third-order valence-corrected chi connectivity index (χ3v) is 4.63. The van der Waals surface area contributed by atoms with E-state index in [0.29, 0.717) is 6.92 Å². The number of fused-ring (bicyclic) bond motifs is 2. The minimum absolute atomic E-state index is 0.628. The maximum absolute atomic E-state index is 6.13. The van der Waals surface area contributed by atoms with E-state index < -0.39 is 0 Å². The maximum atomic E-state index is 6.13. The highest BCUT2D eigenvalue weighted by Gasteiger charge is 2.40. The Morgan fingerprint density at radius 1 is 1.00 bits per heavy atom. The molecule has 0 aromatic heterocycles. The van der Waals surface area contributed by atoms with Gasteiger partial charge in [0, 0.05) is 11.9 Å². The van der Waals surface area contributed by atoms with Gasteiger partial charge in [-0.25, -0.2) is 0 Å². The summed E-state index contributed by atoms with van der Waals surface area (Å²) in [6.45, 7) is 1.62. The second-order valence-corrected chi connectivity index (χ2v) is 5.91. The van der Waals surface area contributed by atoms with Crippen molar-refractivity contribution in [1.82, 2.24) is 0 Å². The van der Waals surface area contributed by atoms with Gasteiger partial charge in [-0.2, -0.15) is 0 Å². The van der Waals surface area contributed by atoms with Gasteiger partial charge < -0.3 is 4.65 Å². The lowest BCUT2D eigenvalue weighted by Crippen LogP contribution is -2.37. The molecule has 1 nitrogen and oxygen atoms in total. The first-order valence-corrected chi connectivity index (χ1v) is 7.71. The predicted octanol–water partition coefficient (Wildman–Crippen LogP) is 4.28. The van der Waals surface area contributed by atoms with E-state index in [1.807, 2.05) is 0 Å². The summed E-state index contributed by atoms with van der Waals surface area (Å²) in [5, 5.41) is 1.12. The van der Waals surface area contributed by atoms with Gasteiger partial charge in [0.05, 0.1) is 0 Å². The van der Waals surface area contributed by atoms with Crippen molar-refractivity contribution in [1.29, 1.82) is 0 Å². The normalized spacial score (nSPS) is 30.6. The van der Waals surface area contributed by atoms with Crippen LogP contribution in [0.2, 0.25) is 11.6 Å². The van der Waals surface area contributed by atoms with E-state index in [1.54, 1.807) is 0 Å². The molecule has 2 aliphatic rings. The molecule has 2 fully saturated rings. The lowest BCUT2D eigenvalue weighted by Gasteiger charge is -2.39. The molecule has 0 aromatic carbocycles. The molecular formula is C12H22BBrO. The number of hydrogen-bond donors (Lipinski definition) is 0. The Balaban J connectivity index is 1.74. The van der Waals surface area contributed by atoms with Crippen molar-refractivity contribution in [2.45, 2.75) is 63.0 Å². The average molecular weight is 273 g/mol. The quantitative estimate of drug-likeness (QED) is 0.412. The Morgan fingerprint density at radius 2 is 1.60 bits per heavy atom. The molecule has 0 aliphatic carbocycles. The second-order valence-electron chi connectivity index (χ2n) is 5.11. The van der Waals surface area contributed by atoms with Gasteiger partial charge in [-0.15, -0.1) is 0 Å². The smallest absolute Gasteiger partial charge is 0.299 e. The van der Waals surface area contributed by atoms with E-state index in [0.717, 1.165) is 23.6 Å². The fourth-order valence-corrected chi connectivity index (χ4v) is 3.70. The van der Waals surface area contributed by atoms with Crippen LogP contribution in [0.3, 0.4) is 0 Å². The molecule has 0 atom stereocenters. The van der Waals surface area contributed by atoms with Crippen molar-refractivity contribution < 1.29 is 4.65 Å². The monoisotopic (exact) mass is 272 g/mol. The lowest BCUT2D eigenvalue weighted by molar-refractivity contribution is 0.263. The van der Waals surface area contributed by atoms with E-state index in [9.17, 15) is 0 Å². The number of unbranched alkanes of at least 4 members (excludes halogenated alkanes) is 1. The minimum Gasteiger partial charge on any atom is -0.435 e. The maximum Gasteiger partial charge on any atom is 0.299 e. The molecule has 0 N–H and O–H groups in total. The SMILES string of the molecule is BrCCCCOB1C2CCCC1CCC2. The average Bonchev–Trinajstić information content (AvgIpc) is 2.24. The van der Waals surface area contributed by atoms with E-state index in [-0.39, 0.29) is 0 Å². The first kappa shape index (κ1) is 12.0. The van der Waals surface area contributed by atoms with E-state index in [2.05, 4.69) is 15.9 Å². The summed E-state index contributed by atoms with van der Waals surface area (Å²) in [6.07, 6.45) is 11.1. The Bertz CT molecular complexity index is 166. The molecule has 15 heavy (non-hydrogen) atoms. The van der Waals surface area contributed by atoms with Gasteiger partial charge in [0.1, 0.15) is 0 Å². The van der Waals surface area contributed by atoms with Crippen molar-refractivity contribution >= 4 is 22.8 Å². The van der Waals surface area contributed by atoms with Crippen LogP contribution in [0.4, 0.5) is 0 Å². The zero-order valence-electron chi connectivity index (χ0n) is 9.59. The second kappa shape index (κ2) is 6.29. The van der Waals surface area contributed by atoms with Gasteiger partial charge >= 0.3 is 0 Å². The molecule has 2 bridgehead atoms. The van der Waals surface area contributed by atoms with Gasteiger partial charge in [0.2, 0.25) is 0 Å². The molecule has 0 unspecified atom stereocenters. The van der Waals surface area contributed by atoms with Gasteiger partial charge in [0.15, 0.2) is 0 Å². The highest BCUT2D eigenvalue weighted by molar-refractivity contribution is 9.09. The highest BCUT2D eigenvalue weighted by atomic mass is 79.9. The molecule has 2 rings (SSSR count). The number of halogens is 1. The Hall–Kier alpha value is 0.505. The van der Waals surface area contributed by atoms with Crippen LogP contribution in [0.1, 0.15) is 51.4 Å². The molecule has 2 saturated heterocycles. The summed E-state index contributed by atoms with van der Waals surface area (Å²) in [6, 6.07) is 0. The van der Waals surface area contributed by atoms with Crippen molar-refractivity contribution in [3.8, 4) is 0 Å². The van der Waals surface area contributed by atoms with E-state index >= 15 is 0 Å². The zero-order chi connectivity index (χ0) is 10.5. The first-order valence-electron chi connectivity index (χ1n) is 6.59. The molecule has 2 heterocycles. The van der Waals surface area contributed by atoms with Crippen LogP contribution in [0.25, 0.3) is 0 Å². The van der Waals surface area contributed by atoms with Crippen molar-refractivity contribution in [2.75, 3.05) is 11.9 Å². The molecule has 86 valence electrons. The third-order valence-electron chi connectivity index (χ3n) is 4.07. The topological polar surface area (TPSA) is 9.23 Å². The number of alkyl halides is 1. The Morgan fingerprint density at radius 3 is 2.13 bits per heavy atom. The van der Waals surface area contributed by atoms with Crippen molar-refractivity contribution in [3.63, 3.8) is 0 Å². The molecule has 2 aliphatic heterocycles. The summed E-state index contributed by atoms with van der Waals surface area (Å²) < 4.78 is 6.13. The van der Waals surface area contributed by atoms with Gasteiger partial charge in [-0.1, -0.05) is 54.5 Å². The fourth-order valence-electron chi connectivity index (χ4n) is 3.30. The standard InChI is InChI=1S/C12H22BBrO/c14-9-1-2-10-15-13-11-5-3-6-12(13)8-4-7-11/h11-12H,1-10H2. The van der Waals surface area contributed by atoms with Gasteiger partial charge in [-0.3, -0.25) is 0 Å². The molecule has 0 amide bonds. The molecule has 0 spiro atoms. The largest absolute Gasteiger partial charge is 0.435 e. The summed E-state index contributed by atoms with van der Waals surface area (Å²) in [5.41, 5.74) is 0. The summed E-state index contributed by atoms with van der Waals surface area (Å²) in [5.74, 6) is 1.81. The van der Waals surface area contributed by atoms with E-state index in [1.165, 1.54) is 51.4 Å². The van der Waals surface area contributed by atoms with Crippen molar-refractivity contribution in [2.24, 2.45) is 0 Å². The molecular weight excluding hydrogens is 251 g/mol. The van der Waals surface area contributed by atoms with Crippen LogP contribution >= 0.6 is 15.9 Å². The van der Waals surface area contributed by atoms with Crippen LogP contribution in [-0.4, -0.2) is 18.9 Å². The molecule has 0 radical (unpaired) electrons.